The van der Waals surface area contributed by atoms with Gasteiger partial charge in [-0.25, -0.2) is 13.8 Å². The zero-order chi connectivity index (χ0) is 14.6. The number of halogens is 2. The highest BCUT2D eigenvalue weighted by atomic mass is 19.3. The average Bonchev–Trinajstić information content (AvgIpc) is 2.78. The summed E-state index contributed by atoms with van der Waals surface area (Å²) in [5, 5.41) is 0. The maximum absolute atomic E-state index is 12.8. The molecule has 0 saturated heterocycles. The van der Waals surface area contributed by atoms with Gasteiger partial charge in [0.05, 0.1) is 11.8 Å². The summed E-state index contributed by atoms with van der Waals surface area (Å²) in [5.74, 6) is 0. The molecular weight excluding hydrogens is 250 g/mol. The second kappa shape index (κ2) is 6.61. The van der Waals surface area contributed by atoms with Crippen molar-refractivity contribution in [2.75, 3.05) is 7.11 Å². The summed E-state index contributed by atoms with van der Waals surface area (Å²) < 4.78 is 32.4. The SMILES string of the molecule is CC.COC(C)c1cc(C(F)F)cn2cc(C)nc12. The molecular formula is C14H20F2N2O. The lowest BCUT2D eigenvalue weighted by Crippen LogP contribution is -2.02. The molecule has 0 N–H and O–H groups in total. The highest BCUT2D eigenvalue weighted by Crippen LogP contribution is 2.27. The lowest BCUT2D eigenvalue weighted by Gasteiger charge is -2.13. The summed E-state index contributed by atoms with van der Waals surface area (Å²) in [6.07, 6.45) is 0.377. The van der Waals surface area contributed by atoms with E-state index < -0.39 is 6.43 Å². The molecule has 106 valence electrons. The molecule has 19 heavy (non-hydrogen) atoms. The second-order valence-corrected chi connectivity index (χ2v) is 4.02. The summed E-state index contributed by atoms with van der Waals surface area (Å²) in [4.78, 5) is 4.32. The molecule has 0 fully saturated rings. The Kier molecular flexibility index (Phi) is 5.42. The Hall–Kier alpha value is -1.49. The molecule has 0 aliphatic heterocycles. The number of rotatable bonds is 3. The van der Waals surface area contributed by atoms with Crippen molar-refractivity contribution in [3.8, 4) is 0 Å². The van der Waals surface area contributed by atoms with E-state index in [4.69, 9.17) is 4.74 Å². The van der Waals surface area contributed by atoms with E-state index in [1.54, 1.807) is 17.7 Å². The topological polar surface area (TPSA) is 26.5 Å². The van der Waals surface area contributed by atoms with Gasteiger partial charge >= 0.3 is 0 Å². The third kappa shape index (κ3) is 3.29. The highest BCUT2D eigenvalue weighted by molar-refractivity contribution is 5.51. The first-order valence-corrected chi connectivity index (χ1v) is 6.33. The van der Waals surface area contributed by atoms with Crippen LogP contribution in [0, 0.1) is 6.92 Å². The molecule has 0 aromatic carbocycles. The van der Waals surface area contributed by atoms with Crippen molar-refractivity contribution in [1.82, 2.24) is 9.38 Å². The van der Waals surface area contributed by atoms with E-state index in [9.17, 15) is 8.78 Å². The third-order valence-corrected chi connectivity index (χ3v) is 2.76. The minimum absolute atomic E-state index is 0.0196. The second-order valence-electron chi connectivity index (χ2n) is 4.02. The van der Waals surface area contributed by atoms with Gasteiger partial charge in [-0.3, -0.25) is 0 Å². The first kappa shape index (κ1) is 15.6. The van der Waals surface area contributed by atoms with Crippen LogP contribution in [0.25, 0.3) is 5.65 Å². The first-order valence-electron chi connectivity index (χ1n) is 6.33. The molecule has 1 unspecified atom stereocenters. The van der Waals surface area contributed by atoms with Crippen molar-refractivity contribution in [3.63, 3.8) is 0 Å². The molecule has 0 saturated carbocycles. The van der Waals surface area contributed by atoms with Crippen molar-refractivity contribution in [1.29, 1.82) is 0 Å². The lowest BCUT2D eigenvalue weighted by atomic mass is 10.1. The lowest BCUT2D eigenvalue weighted by molar-refractivity contribution is 0.119. The molecule has 1 atom stereocenters. The van der Waals surface area contributed by atoms with E-state index in [0.29, 0.717) is 11.2 Å². The van der Waals surface area contributed by atoms with Gasteiger partial charge in [-0.1, -0.05) is 13.8 Å². The van der Waals surface area contributed by atoms with Gasteiger partial charge in [-0.05, 0) is 19.9 Å². The number of fused-ring (bicyclic) bond motifs is 1. The number of methoxy groups -OCH3 is 1. The highest BCUT2D eigenvalue weighted by Gasteiger charge is 2.16. The van der Waals surface area contributed by atoms with Crippen LogP contribution in [0.15, 0.2) is 18.5 Å². The predicted molar refractivity (Wildman–Crippen MR) is 71.7 cm³/mol. The van der Waals surface area contributed by atoms with E-state index in [1.165, 1.54) is 12.3 Å². The Bertz CT molecular complexity index is 537. The fraction of sp³-hybridized carbons (Fsp3) is 0.500. The fourth-order valence-electron chi connectivity index (χ4n) is 1.82. The quantitative estimate of drug-likeness (QED) is 0.830. The molecule has 0 spiro atoms. The number of hydrogen-bond donors (Lipinski definition) is 0. The van der Waals surface area contributed by atoms with E-state index in [1.807, 2.05) is 27.7 Å². The van der Waals surface area contributed by atoms with Crippen LogP contribution >= 0.6 is 0 Å². The molecule has 0 radical (unpaired) electrons. The number of ether oxygens (including phenoxy) is 1. The number of imidazole rings is 1. The van der Waals surface area contributed by atoms with Crippen molar-refractivity contribution in [2.24, 2.45) is 0 Å². The van der Waals surface area contributed by atoms with Gasteiger partial charge < -0.3 is 9.14 Å². The van der Waals surface area contributed by atoms with E-state index >= 15 is 0 Å². The number of aromatic nitrogens is 2. The van der Waals surface area contributed by atoms with Crippen molar-refractivity contribution >= 4 is 5.65 Å². The predicted octanol–water partition coefficient (Wildman–Crippen LogP) is 4.31. The van der Waals surface area contributed by atoms with Crippen LogP contribution in [0.2, 0.25) is 0 Å². The Morgan fingerprint density at radius 2 is 1.89 bits per heavy atom. The van der Waals surface area contributed by atoms with Crippen LogP contribution in [0.3, 0.4) is 0 Å². The minimum Gasteiger partial charge on any atom is -0.377 e. The van der Waals surface area contributed by atoms with Crippen LogP contribution in [0.1, 0.15) is 50.1 Å². The van der Waals surface area contributed by atoms with Gasteiger partial charge in [0.1, 0.15) is 5.65 Å². The number of nitrogens with zero attached hydrogens (tertiary/aromatic N) is 2. The normalized spacial score (nSPS) is 12.4. The summed E-state index contributed by atoms with van der Waals surface area (Å²) in [7, 11) is 1.55. The zero-order valence-corrected chi connectivity index (χ0v) is 11.9. The summed E-state index contributed by atoms with van der Waals surface area (Å²) in [6, 6.07) is 1.46. The maximum Gasteiger partial charge on any atom is 0.265 e. The molecule has 0 aliphatic carbocycles. The van der Waals surface area contributed by atoms with Crippen LogP contribution in [-0.2, 0) is 4.74 Å². The Labute approximate surface area is 112 Å². The summed E-state index contributed by atoms with van der Waals surface area (Å²) >= 11 is 0. The van der Waals surface area contributed by atoms with Crippen LogP contribution in [0.4, 0.5) is 8.78 Å². The third-order valence-electron chi connectivity index (χ3n) is 2.76. The Balaban J connectivity index is 0.000000861. The standard InChI is InChI=1S/C12H14F2N2O.C2H6/c1-7-5-16-6-9(11(13)14)4-10(8(2)17-3)12(16)15-7;1-2/h4-6,8,11H,1-3H3;1-2H3. The molecule has 5 heteroatoms. The number of aryl methyl sites for hydroxylation is 1. The number of pyridine rings is 1. The fourth-order valence-corrected chi connectivity index (χ4v) is 1.82. The van der Waals surface area contributed by atoms with E-state index in [2.05, 4.69) is 4.98 Å². The monoisotopic (exact) mass is 270 g/mol. The van der Waals surface area contributed by atoms with Crippen molar-refractivity contribution in [3.05, 3.63) is 35.3 Å². The maximum atomic E-state index is 12.8. The Morgan fingerprint density at radius 1 is 1.26 bits per heavy atom. The van der Waals surface area contributed by atoms with E-state index in [0.717, 1.165) is 5.69 Å². The molecule has 0 amide bonds. The summed E-state index contributed by atoms with van der Waals surface area (Å²) in [6.45, 7) is 7.64. The van der Waals surface area contributed by atoms with Crippen LogP contribution in [-0.4, -0.2) is 16.5 Å². The van der Waals surface area contributed by atoms with Gasteiger partial charge in [0, 0.05) is 30.6 Å². The smallest absolute Gasteiger partial charge is 0.265 e. The van der Waals surface area contributed by atoms with Crippen LogP contribution < -0.4 is 0 Å². The van der Waals surface area contributed by atoms with Crippen molar-refractivity contribution in [2.45, 2.75) is 40.2 Å². The van der Waals surface area contributed by atoms with E-state index in [-0.39, 0.29) is 11.7 Å². The molecule has 2 rings (SSSR count). The van der Waals surface area contributed by atoms with Gasteiger partial charge in [-0.2, -0.15) is 0 Å². The molecule has 2 aromatic rings. The minimum atomic E-state index is -2.50. The number of alkyl halides is 2. The zero-order valence-electron chi connectivity index (χ0n) is 11.9. The number of hydrogen-bond acceptors (Lipinski definition) is 2. The van der Waals surface area contributed by atoms with Crippen molar-refractivity contribution < 1.29 is 13.5 Å². The largest absolute Gasteiger partial charge is 0.377 e. The van der Waals surface area contributed by atoms with Gasteiger partial charge in [0.15, 0.2) is 0 Å². The molecule has 0 bridgehead atoms. The first-order chi connectivity index (χ1) is 9.02. The van der Waals surface area contributed by atoms with Gasteiger partial charge in [0.2, 0.25) is 0 Å². The molecule has 3 nitrogen and oxygen atoms in total. The van der Waals surface area contributed by atoms with Crippen LogP contribution in [0.5, 0.6) is 0 Å². The van der Waals surface area contributed by atoms with Gasteiger partial charge in [0.25, 0.3) is 6.43 Å². The molecule has 2 aromatic heterocycles. The average molecular weight is 270 g/mol. The Morgan fingerprint density at radius 3 is 2.42 bits per heavy atom. The summed E-state index contributed by atoms with van der Waals surface area (Å²) in [5.41, 5.74) is 2.12. The molecule has 0 aliphatic rings. The van der Waals surface area contributed by atoms with Gasteiger partial charge in [-0.15, -0.1) is 0 Å². The molecule has 2 heterocycles.